The highest BCUT2D eigenvalue weighted by atomic mass is 16.3. The molecule has 0 radical (unpaired) electrons. The number of hydrogen-bond donors (Lipinski definition) is 6. The molecule has 0 heterocycles. The molecule has 0 fully saturated rings. The minimum absolute atomic E-state index is 0.104. The van der Waals surface area contributed by atoms with Crippen LogP contribution < -0.4 is 27.4 Å². The van der Waals surface area contributed by atoms with E-state index in [-0.39, 0.29) is 25.1 Å². The smallest absolute Gasteiger partial charge is 0.243 e. The number of aromatic hydroxyl groups is 1. The highest BCUT2D eigenvalue weighted by molar-refractivity contribution is 5.93. The van der Waals surface area contributed by atoms with Crippen molar-refractivity contribution < 1.29 is 24.3 Å². The number of amides is 4. The molecule has 0 aromatic heterocycles. The number of rotatable bonds is 11. The number of carbonyl (C=O) groups excluding carboxylic acids is 4. The number of nitrogens with one attached hydrogen (secondary N) is 3. The summed E-state index contributed by atoms with van der Waals surface area (Å²) in [7, 11) is 0. The van der Waals surface area contributed by atoms with Gasteiger partial charge in [-0.3, -0.25) is 19.2 Å². The molecular formula is C23H29N5O5. The Morgan fingerprint density at radius 1 is 0.848 bits per heavy atom. The van der Waals surface area contributed by atoms with Crippen molar-refractivity contribution in [3.05, 3.63) is 65.7 Å². The molecule has 4 amide bonds. The summed E-state index contributed by atoms with van der Waals surface area (Å²) in [6.07, 6.45) is 0.394. The average molecular weight is 456 g/mol. The zero-order valence-corrected chi connectivity index (χ0v) is 18.3. The van der Waals surface area contributed by atoms with Crippen molar-refractivity contribution in [2.75, 3.05) is 6.54 Å². The molecule has 0 aliphatic heterocycles. The summed E-state index contributed by atoms with van der Waals surface area (Å²) in [6, 6.07) is 12.4. The van der Waals surface area contributed by atoms with E-state index in [2.05, 4.69) is 16.0 Å². The molecule has 3 atom stereocenters. The first kappa shape index (κ1) is 25.3. The number of phenols is 1. The lowest BCUT2D eigenvalue weighted by atomic mass is 10.0. The summed E-state index contributed by atoms with van der Waals surface area (Å²) in [5.41, 5.74) is 12.6. The van der Waals surface area contributed by atoms with Gasteiger partial charge >= 0.3 is 0 Å². The van der Waals surface area contributed by atoms with Gasteiger partial charge in [0.25, 0.3) is 0 Å². The first-order valence-corrected chi connectivity index (χ1v) is 10.4. The van der Waals surface area contributed by atoms with E-state index < -0.39 is 41.8 Å². The number of primary amides is 1. The summed E-state index contributed by atoms with van der Waals surface area (Å²) in [5.74, 6) is -2.31. The van der Waals surface area contributed by atoms with E-state index in [1.165, 1.54) is 19.1 Å². The minimum atomic E-state index is -0.982. The van der Waals surface area contributed by atoms with Gasteiger partial charge in [0.15, 0.2) is 0 Å². The SMILES string of the molecule is C[C@@H](NC(=O)[C@@H](N)Cc1ccc(O)cc1)C(=O)N[C@H](Cc1ccccc1)C(=O)NCC(N)=O. The summed E-state index contributed by atoms with van der Waals surface area (Å²) in [5, 5.41) is 16.9. The Hall–Kier alpha value is -3.92. The number of hydrogen-bond acceptors (Lipinski definition) is 6. The van der Waals surface area contributed by atoms with Crippen LogP contribution in [-0.2, 0) is 32.0 Å². The molecular weight excluding hydrogens is 426 g/mol. The van der Waals surface area contributed by atoms with E-state index in [9.17, 15) is 24.3 Å². The Morgan fingerprint density at radius 2 is 1.45 bits per heavy atom. The molecule has 0 saturated heterocycles. The predicted molar refractivity (Wildman–Crippen MR) is 122 cm³/mol. The molecule has 8 N–H and O–H groups in total. The average Bonchev–Trinajstić information content (AvgIpc) is 2.78. The molecule has 2 rings (SSSR count). The van der Waals surface area contributed by atoms with Gasteiger partial charge in [-0.2, -0.15) is 0 Å². The topological polar surface area (TPSA) is 177 Å². The maximum absolute atomic E-state index is 12.7. The summed E-state index contributed by atoms with van der Waals surface area (Å²) in [6.45, 7) is 1.11. The lowest BCUT2D eigenvalue weighted by Gasteiger charge is -2.22. The maximum Gasteiger partial charge on any atom is 0.243 e. The van der Waals surface area contributed by atoms with Crippen molar-refractivity contribution >= 4 is 23.6 Å². The molecule has 2 aromatic rings. The summed E-state index contributed by atoms with van der Waals surface area (Å²) in [4.78, 5) is 48.6. The van der Waals surface area contributed by atoms with Gasteiger partial charge in [0.05, 0.1) is 12.6 Å². The zero-order valence-electron chi connectivity index (χ0n) is 18.3. The third kappa shape index (κ3) is 8.62. The van der Waals surface area contributed by atoms with Crippen molar-refractivity contribution in [3.8, 4) is 5.75 Å². The molecule has 0 aliphatic carbocycles. The van der Waals surface area contributed by atoms with Gasteiger partial charge < -0.3 is 32.5 Å². The van der Waals surface area contributed by atoms with Crippen LogP contribution in [0.3, 0.4) is 0 Å². The van der Waals surface area contributed by atoms with Crippen LogP contribution in [0.15, 0.2) is 54.6 Å². The van der Waals surface area contributed by atoms with Gasteiger partial charge in [0, 0.05) is 6.42 Å². The van der Waals surface area contributed by atoms with Crippen molar-refractivity contribution in [2.24, 2.45) is 11.5 Å². The van der Waals surface area contributed by atoms with Crippen LogP contribution in [0.4, 0.5) is 0 Å². The quantitative estimate of drug-likeness (QED) is 0.256. The number of phenolic OH excluding ortho intramolecular Hbond substituents is 1. The minimum Gasteiger partial charge on any atom is -0.508 e. The molecule has 0 aliphatic rings. The van der Waals surface area contributed by atoms with Gasteiger partial charge in [-0.1, -0.05) is 42.5 Å². The number of benzene rings is 2. The molecule has 0 saturated carbocycles. The lowest BCUT2D eigenvalue weighted by Crippen LogP contribution is -2.56. The van der Waals surface area contributed by atoms with Crippen LogP contribution >= 0.6 is 0 Å². The maximum atomic E-state index is 12.7. The van der Waals surface area contributed by atoms with E-state index in [0.29, 0.717) is 0 Å². The molecule has 0 unspecified atom stereocenters. The molecule has 10 heteroatoms. The Labute approximate surface area is 191 Å². The van der Waals surface area contributed by atoms with Crippen LogP contribution in [0.2, 0.25) is 0 Å². The van der Waals surface area contributed by atoms with Crippen LogP contribution in [-0.4, -0.2) is 53.4 Å². The van der Waals surface area contributed by atoms with Crippen LogP contribution in [0.1, 0.15) is 18.1 Å². The second kappa shape index (κ2) is 12.2. The van der Waals surface area contributed by atoms with Crippen LogP contribution in [0.25, 0.3) is 0 Å². The van der Waals surface area contributed by atoms with Crippen LogP contribution in [0.5, 0.6) is 5.75 Å². The highest BCUT2D eigenvalue weighted by Crippen LogP contribution is 2.11. The Bertz CT molecular complexity index is 965. The second-order valence-electron chi connectivity index (χ2n) is 7.64. The van der Waals surface area contributed by atoms with Crippen molar-refractivity contribution in [3.63, 3.8) is 0 Å². The third-order valence-electron chi connectivity index (χ3n) is 4.83. The van der Waals surface area contributed by atoms with E-state index in [1.807, 2.05) is 6.07 Å². The van der Waals surface area contributed by atoms with Gasteiger partial charge in [0.1, 0.15) is 17.8 Å². The van der Waals surface area contributed by atoms with Crippen LogP contribution in [0, 0.1) is 0 Å². The second-order valence-corrected chi connectivity index (χ2v) is 7.64. The molecule has 2 aromatic carbocycles. The summed E-state index contributed by atoms with van der Waals surface area (Å²) < 4.78 is 0. The van der Waals surface area contributed by atoms with Gasteiger partial charge in [-0.15, -0.1) is 0 Å². The van der Waals surface area contributed by atoms with Crippen molar-refractivity contribution in [2.45, 2.75) is 37.9 Å². The number of carbonyl (C=O) groups is 4. The predicted octanol–water partition coefficient (Wildman–Crippen LogP) is -0.904. The fraction of sp³-hybridized carbons (Fsp3) is 0.304. The van der Waals surface area contributed by atoms with Gasteiger partial charge in [-0.25, -0.2) is 0 Å². The van der Waals surface area contributed by atoms with E-state index >= 15 is 0 Å². The Balaban J connectivity index is 1.97. The van der Waals surface area contributed by atoms with Crippen molar-refractivity contribution in [1.29, 1.82) is 0 Å². The Morgan fingerprint density at radius 3 is 2.06 bits per heavy atom. The van der Waals surface area contributed by atoms with Gasteiger partial charge in [0.2, 0.25) is 23.6 Å². The molecule has 33 heavy (non-hydrogen) atoms. The number of nitrogens with two attached hydrogens (primary N) is 2. The molecule has 0 spiro atoms. The Kier molecular flexibility index (Phi) is 9.37. The van der Waals surface area contributed by atoms with E-state index in [0.717, 1.165) is 11.1 Å². The molecule has 176 valence electrons. The van der Waals surface area contributed by atoms with E-state index in [4.69, 9.17) is 11.5 Å². The molecule has 0 bridgehead atoms. The van der Waals surface area contributed by atoms with Gasteiger partial charge in [-0.05, 0) is 36.6 Å². The van der Waals surface area contributed by atoms with Crippen molar-refractivity contribution in [1.82, 2.24) is 16.0 Å². The zero-order chi connectivity index (χ0) is 24.4. The normalized spacial score (nSPS) is 13.3. The standard InChI is InChI=1S/C23H29N5O5/c1-14(27-22(32)18(24)11-16-7-9-17(29)10-8-16)21(31)28-19(23(33)26-13-20(25)30)12-15-5-3-2-4-6-15/h2-10,14,18-19,29H,11-13,24H2,1H3,(H2,25,30)(H,26,33)(H,27,32)(H,28,31)/t14-,18+,19-/m1/s1. The third-order valence-corrected chi connectivity index (χ3v) is 4.83. The first-order valence-electron chi connectivity index (χ1n) is 10.4. The van der Waals surface area contributed by atoms with E-state index in [1.54, 1.807) is 36.4 Å². The fourth-order valence-electron chi connectivity index (χ4n) is 3.02. The monoisotopic (exact) mass is 455 g/mol. The molecule has 10 nitrogen and oxygen atoms in total. The first-order chi connectivity index (χ1) is 15.7. The fourth-order valence-corrected chi connectivity index (χ4v) is 3.02. The summed E-state index contributed by atoms with van der Waals surface area (Å²) >= 11 is 0. The lowest BCUT2D eigenvalue weighted by molar-refractivity contribution is -0.132. The largest absolute Gasteiger partial charge is 0.508 e. The highest BCUT2D eigenvalue weighted by Gasteiger charge is 2.26.